The molecule has 0 fully saturated rings. The predicted molar refractivity (Wildman–Crippen MR) is 198 cm³/mol. The average Bonchev–Trinajstić information content (AvgIpc) is 3.19. The summed E-state index contributed by atoms with van der Waals surface area (Å²) in [6.07, 6.45) is 0. The summed E-state index contributed by atoms with van der Waals surface area (Å²) in [5, 5.41) is 74.3. The van der Waals surface area contributed by atoms with Crippen LogP contribution in [0.25, 0.3) is 10.8 Å². The molecular formula is C36H27N9Na2O7S2. The molecule has 20 heteroatoms. The zero-order valence-corrected chi connectivity index (χ0v) is 35.9. The van der Waals surface area contributed by atoms with Crippen LogP contribution >= 0.6 is 24.1 Å². The van der Waals surface area contributed by atoms with Gasteiger partial charge in [0, 0.05) is 16.0 Å². The first-order valence-corrected chi connectivity index (χ1v) is 17.2. The summed E-state index contributed by atoms with van der Waals surface area (Å²) in [5.41, 5.74) is 12.1. The van der Waals surface area contributed by atoms with Crippen molar-refractivity contribution in [3.63, 3.8) is 0 Å². The summed E-state index contributed by atoms with van der Waals surface area (Å²) in [6, 6.07) is 31.3. The van der Waals surface area contributed by atoms with Crippen molar-refractivity contribution in [3.8, 4) is 5.75 Å². The molecule has 0 unspecified atom stereocenters. The topological polar surface area (TPSA) is 228 Å². The van der Waals surface area contributed by atoms with Crippen molar-refractivity contribution < 1.29 is 93.5 Å². The van der Waals surface area contributed by atoms with E-state index < -0.39 is 0 Å². The number of rotatable bonds is 14. The maximum atomic E-state index is 11.2. The average molecular weight is 808 g/mol. The monoisotopic (exact) mass is 807 g/mol. The molecule has 6 aromatic rings. The molecule has 0 bridgehead atoms. The fourth-order valence-corrected chi connectivity index (χ4v) is 5.65. The van der Waals surface area contributed by atoms with Gasteiger partial charge in [-0.2, -0.15) is 44.5 Å². The van der Waals surface area contributed by atoms with E-state index in [2.05, 4.69) is 59.7 Å². The minimum absolute atomic E-state index is 0. The van der Waals surface area contributed by atoms with E-state index in [9.17, 15) is 15.6 Å². The van der Waals surface area contributed by atoms with Crippen LogP contribution in [0.5, 0.6) is 5.75 Å². The van der Waals surface area contributed by atoms with Gasteiger partial charge in [-0.05, 0) is 140 Å². The number of fused-ring (bicyclic) bond motifs is 1. The first-order chi connectivity index (χ1) is 26.3. The fraction of sp³-hybridized carbons (Fsp3) is 0.0556. The van der Waals surface area contributed by atoms with Crippen LogP contribution in [-0.4, -0.2) is 5.11 Å². The summed E-state index contributed by atoms with van der Waals surface area (Å²) in [6.45, 7) is 3.71. The van der Waals surface area contributed by atoms with Crippen LogP contribution in [0, 0.1) is 13.8 Å². The van der Waals surface area contributed by atoms with Gasteiger partial charge >= 0.3 is 59.1 Å². The molecule has 0 amide bonds. The molecule has 0 radical (unpaired) electrons. The molecule has 0 saturated heterocycles. The van der Waals surface area contributed by atoms with E-state index in [1.165, 1.54) is 0 Å². The number of nitrogen functional groups attached to an aromatic ring is 1. The van der Waals surface area contributed by atoms with Gasteiger partial charge in [0.2, 0.25) is 0 Å². The van der Waals surface area contributed by atoms with Crippen LogP contribution in [0.3, 0.4) is 0 Å². The zero-order valence-electron chi connectivity index (χ0n) is 30.3. The number of phenols is 1. The van der Waals surface area contributed by atoms with Gasteiger partial charge in [-0.15, -0.1) is 5.11 Å². The van der Waals surface area contributed by atoms with Crippen molar-refractivity contribution in [2.75, 3.05) is 5.73 Å². The van der Waals surface area contributed by atoms with E-state index in [0.717, 1.165) is 23.2 Å². The summed E-state index contributed by atoms with van der Waals surface area (Å²) < 4.78 is 8.87. The number of hydrogen-bond donors (Lipinski definition) is 2. The van der Waals surface area contributed by atoms with Crippen molar-refractivity contribution in [1.82, 2.24) is 0 Å². The van der Waals surface area contributed by atoms with Crippen LogP contribution in [0.4, 0.5) is 51.2 Å². The van der Waals surface area contributed by atoms with Crippen LogP contribution in [0.2, 0.25) is 0 Å². The second kappa shape index (κ2) is 22.1. The van der Waals surface area contributed by atoms with Gasteiger partial charge in [0.15, 0.2) is 5.75 Å². The van der Waals surface area contributed by atoms with Crippen LogP contribution in [0.15, 0.2) is 160 Å². The normalized spacial score (nSPS) is 11.6. The minimum atomic E-state index is -0.185. The Balaban J connectivity index is 0.00000348. The van der Waals surface area contributed by atoms with Gasteiger partial charge in [0.1, 0.15) is 5.69 Å². The Morgan fingerprint density at radius 3 is 1.54 bits per heavy atom. The molecule has 0 heterocycles. The zero-order chi connectivity index (χ0) is 37.9. The summed E-state index contributed by atoms with van der Waals surface area (Å²) in [5.74, 6) is -0.185. The first-order valence-electron chi connectivity index (χ1n) is 15.7. The second-order valence-electron chi connectivity index (χ2n) is 11.2. The molecule has 3 N–H and O–H groups in total. The number of nitrogens with two attached hydrogens (primary N) is 1. The summed E-state index contributed by atoms with van der Waals surface area (Å²) >= 11 is 1.37. The van der Waals surface area contributed by atoms with Gasteiger partial charge in [0.25, 0.3) is 0 Å². The van der Waals surface area contributed by atoms with Crippen molar-refractivity contribution in [1.29, 1.82) is 0 Å². The Bertz CT molecular complexity index is 2370. The Labute approximate surface area is 372 Å². The Kier molecular flexibility index (Phi) is 17.7. The fourth-order valence-electron chi connectivity index (χ4n) is 4.81. The van der Waals surface area contributed by atoms with Gasteiger partial charge in [-0.3, -0.25) is 10.1 Å². The third kappa shape index (κ3) is 12.3. The maximum Gasteiger partial charge on any atom is 1.00 e. The van der Waals surface area contributed by atoms with Crippen LogP contribution in [0.1, 0.15) is 11.1 Å². The molecule has 0 atom stereocenters. The molecule has 0 spiro atoms. The number of aromatic hydroxyl groups is 1. The van der Waals surface area contributed by atoms with Gasteiger partial charge in [-0.25, -0.2) is 0 Å². The van der Waals surface area contributed by atoms with Crippen LogP contribution in [-0.2, 0) is 18.7 Å². The van der Waals surface area contributed by atoms with Gasteiger partial charge < -0.3 is 21.4 Å². The van der Waals surface area contributed by atoms with E-state index in [1.54, 1.807) is 103 Å². The first kappa shape index (κ1) is 44.8. The number of azo groups is 4. The van der Waals surface area contributed by atoms with Crippen molar-refractivity contribution in [2.24, 2.45) is 40.9 Å². The Morgan fingerprint density at radius 2 is 0.982 bits per heavy atom. The van der Waals surface area contributed by atoms with Crippen molar-refractivity contribution >= 4 is 86.0 Å². The quantitative estimate of drug-likeness (QED) is 0.0379. The molecular weight excluding hydrogens is 781 g/mol. The third-order valence-corrected chi connectivity index (χ3v) is 8.73. The van der Waals surface area contributed by atoms with E-state index in [1.807, 2.05) is 19.9 Å². The summed E-state index contributed by atoms with van der Waals surface area (Å²) in [7, 11) is 0. The van der Waals surface area contributed by atoms with E-state index in [4.69, 9.17) is 5.73 Å². The Hall–Kier alpha value is -3.96. The summed E-state index contributed by atoms with van der Waals surface area (Å²) in [4.78, 5) is 0.942. The van der Waals surface area contributed by atoms with Crippen LogP contribution < -0.4 is 75.4 Å². The smallest absolute Gasteiger partial charge is 0.691 e. The van der Waals surface area contributed by atoms with Crippen molar-refractivity contribution in [2.45, 2.75) is 23.6 Å². The molecule has 6 aromatic carbocycles. The standard InChI is InChI=1S/C36H29N9O7S2.2Na/c1-21-18-33(22(2)17-32(21)43-41-27-9-7-26(8-10-27)38-39-28-11-14-30(15-12-28)53-51-49-47)44-45-35-34(54-52-50-48)20-23-19-29(13-16-31(23)36(35)46)42-40-25-5-3-24(37)4-6-25;;/h3-20,46-48H,37H2,1-2H3;;/q;2*+1/p-2. The molecule has 0 saturated carbocycles. The predicted octanol–water partition coefficient (Wildman–Crippen LogP) is 4.88. The largest absolute Gasteiger partial charge is 1.00 e. The molecule has 56 heavy (non-hydrogen) atoms. The second-order valence-corrected chi connectivity index (χ2v) is 12.8. The number of anilines is 1. The molecule has 16 nitrogen and oxygen atoms in total. The SMILES string of the molecule is Cc1cc(N=Nc2c(SOO[O-])cc3cc(N=Nc4ccc(N)cc4)ccc3c2O)c(C)cc1N=Nc1ccc(N=Nc2ccc(SOO[O-])cc2)cc1.[Na+].[Na+]. The Morgan fingerprint density at radius 1 is 0.536 bits per heavy atom. The molecule has 0 aromatic heterocycles. The van der Waals surface area contributed by atoms with E-state index >= 15 is 0 Å². The van der Waals surface area contributed by atoms with Crippen molar-refractivity contribution in [3.05, 3.63) is 120 Å². The number of phenolic OH excluding ortho intramolecular Hbond substituents is 1. The third-order valence-electron chi connectivity index (χ3n) is 7.53. The minimum Gasteiger partial charge on any atom is -0.691 e. The number of aryl methyl sites for hydroxylation is 2. The number of nitrogens with zero attached hydrogens (tertiary/aromatic N) is 8. The number of hydrogen-bond acceptors (Lipinski definition) is 18. The van der Waals surface area contributed by atoms with E-state index in [-0.39, 0.29) is 75.4 Å². The molecule has 0 aliphatic carbocycles. The molecule has 272 valence electrons. The molecule has 0 aliphatic heterocycles. The van der Waals surface area contributed by atoms with Gasteiger partial charge in [0.05, 0.1) is 68.8 Å². The molecule has 0 aliphatic rings. The van der Waals surface area contributed by atoms with E-state index in [0.29, 0.717) is 73.2 Å². The van der Waals surface area contributed by atoms with Gasteiger partial charge in [-0.1, -0.05) is 0 Å². The molecule has 6 rings (SSSR count). The number of benzene rings is 6. The maximum absolute atomic E-state index is 11.2.